The predicted molar refractivity (Wildman–Crippen MR) is 394 cm³/mol. The van der Waals surface area contributed by atoms with Crippen LogP contribution in [0.2, 0.25) is 0 Å². The predicted octanol–water partition coefficient (Wildman–Crippen LogP) is -3.90. The van der Waals surface area contributed by atoms with Crippen LogP contribution in [0.3, 0.4) is 0 Å². The fourth-order valence-corrected chi connectivity index (χ4v) is 11.2. The molecule has 0 saturated heterocycles. The highest BCUT2D eigenvalue weighted by Crippen LogP contribution is 2.21. The van der Waals surface area contributed by atoms with Gasteiger partial charge in [0.1, 0.15) is 60.1 Å². The van der Waals surface area contributed by atoms with Gasteiger partial charge in [0.15, 0.2) is 5.96 Å². The molecule has 582 valence electrons. The van der Waals surface area contributed by atoms with E-state index in [9.17, 15) is 72.5 Å². The highest BCUT2D eigenvalue weighted by atomic mass is 16.3. The Bertz CT molecular complexity index is 3630. The maximum Gasteiger partial charge on any atom is 0.245 e. The van der Waals surface area contributed by atoms with Gasteiger partial charge in [0.05, 0.1) is 18.2 Å². The van der Waals surface area contributed by atoms with E-state index in [2.05, 4.69) is 63.1 Å². The average molecular weight is 1480 g/mol. The Labute approximate surface area is 615 Å². The maximum atomic E-state index is 14.5. The van der Waals surface area contributed by atoms with Crippen molar-refractivity contribution >= 4 is 93.7 Å². The van der Waals surface area contributed by atoms with Crippen LogP contribution < -0.4 is 99.0 Å². The maximum absolute atomic E-state index is 14.5. The SMILES string of the molecule is CC(C)[C@H](NC(=O)[C@H](Cc1ccc(O)cc1)NC(=O)[C@H](CCC(N)=O)NC(=O)[C@H](Cc1c[nH]c2ccccc12)NC(=O)[C@@H](N)CCCN=C(N)N)C(=O)NCCCC[C@H](N)C(=O)N[C@@H](CCCCN)C(=O)N[C@@H](Cc1ccccc1)C(=O)N[C@H](C(=O)N[C@H](C(=O)N[C@@H](CCC(N)=O)C(N)=O)C(C)C)[C@@H](C)O. The standard InChI is InChI=1S/C71H108N20O15/c1-38(2)57(89-66(102)53(35-42-23-25-44(93)26-24-42)88-64(100)51(28-30-56(76)95)85-65(101)54(36-43-37-82-48-21-10-9-18-45(43)48)86-62(98)47(74)20-15-33-81-71(78)79)68(104)80-32-14-12-19-46(73)61(97)84-50(22-11-13-31-72)63(99)87-52(34-41-16-7-6-8-17-41)67(103)91-59(40(5)92)70(106)90-58(39(3)4)69(105)83-49(60(77)96)27-29-55(75)94/h6-10,16-18,21,23-26,37-40,46-47,49-54,57-59,82,92-93H,11-15,19-20,22,27-36,72-74H2,1-5H3,(H2,75,94)(H2,76,95)(H2,77,96)(H,80,104)(H,83,105)(H,84,97)(H,85,101)(H,86,98)(H,87,99)(H,88,100)(H,89,102)(H,90,106)(H,91,103)(H4,78,79,81)/t40-,46+,47+,49+,50+,51+,52+,53+,54+,57+,58+,59+/m1/s1. The molecule has 0 aliphatic rings. The fraction of sp³-hybridized carbons (Fsp3) is 0.521. The van der Waals surface area contributed by atoms with E-state index in [1.54, 1.807) is 70.3 Å². The number of phenolic OH excluding ortho intramolecular Hbond substituents is 1. The number of aliphatic hydroxyl groups excluding tert-OH is 1. The number of guanidine groups is 1. The number of fused-ring (bicyclic) bond motifs is 1. The molecule has 0 saturated carbocycles. The van der Waals surface area contributed by atoms with Crippen LogP contribution in [0, 0.1) is 11.8 Å². The number of rotatable bonds is 48. The molecule has 29 N–H and O–H groups in total. The second kappa shape index (κ2) is 44.8. The van der Waals surface area contributed by atoms with Gasteiger partial charge < -0.3 is 114 Å². The molecule has 3 aromatic carbocycles. The van der Waals surface area contributed by atoms with Crippen LogP contribution in [0.15, 0.2) is 90.1 Å². The molecule has 0 fully saturated rings. The van der Waals surface area contributed by atoms with Gasteiger partial charge in [-0.25, -0.2) is 0 Å². The van der Waals surface area contributed by atoms with Gasteiger partial charge in [-0.15, -0.1) is 0 Å². The summed E-state index contributed by atoms with van der Waals surface area (Å²) in [5, 5.41) is 48.0. The van der Waals surface area contributed by atoms with Crippen molar-refractivity contribution in [3.8, 4) is 5.75 Å². The van der Waals surface area contributed by atoms with E-state index in [1.807, 2.05) is 18.2 Å². The van der Waals surface area contributed by atoms with Crippen molar-refractivity contribution in [2.75, 3.05) is 19.6 Å². The Morgan fingerprint density at radius 1 is 0.443 bits per heavy atom. The van der Waals surface area contributed by atoms with Crippen LogP contribution in [-0.2, 0) is 81.6 Å². The molecule has 13 amide bonds. The lowest BCUT2D eigenvalue weighted by Crippen LogP contribution is -2.62. The summed E-state index contributed by atoms with van der Waals surface area (Å²) in [5.41, 5.74) is 47.9. The van der Waals surface area contributed by atoms with Crippen LogP contribution >= 0.6 is 0 Å². The molecule has 12 atom stereocenters. The molecule has 0 bridgehead atoms. The monoisotopic (exact) mass is 1480 g/mol. The minimum Gasteiger partial charge on any atom is -0.508 e. The number of carbonyl (C=O) groups excluding carboxylic acids is 13. The molecule has 35 heteroatoms. The molecule has 0 aliphatic heterocycles. The number of amides is 13. The van der Waals surface area contributed by atoms with Gasteiger partial charge in [-0.1, -0.05) is 88.4 Å². The van der Waals surface area contributed by atoms with Crippen molar-refractivity contribution in [1.29, 1.82) is 0 Å². The molecule has 0 radical (unpaired) electrons. The molecule has 1 heterocycles. The largest absolute Gasteiger partial charge is 0.508 e. The Kier molecular flexibility index (Phi) is 37.0. The first-order chi connectivity index (χ1) is 50.2. The van der Waals surface area contributed by atoms with E-state index in [-0.39, 0.29) is 102 Å². The van der Waals surface area contributed by atoms with E-state index in [4.69, 9.17) is 45.9 Å². The third-order valence-corrected chi connectivity index (χ3v) is 17.3. The number of benzene rings is 3. The summed E-state index contributed by atoms with van der Waals surface area (Å²) < 4.78 is 0. The number of aromatic amines is 1. The number of phenols is 1. The highest BCUT2D eigenvalue weighted by Gasteiger charge is 2.38. The summed E-state index contributed by atoms with van der Waals surface area (Å²) in [6.45, 7) is 8.18. The Morgan fingerprint density at radius 3 is 1.42 bits per heavy atom. The molecular formula is C71H108N20O15. The molecule has 4 aromatic rings. The number of nitrogens with two attached hydrogens (primary N) is 8. The van der Waals surface area contributed by atoms with Gasteiger partial charge >= 0.3 is 0 Å². The van der Waals surface area contributed by atoms with E-state index in [0.717, 1.165) is 10.9 Å². The van der Waals surface area contributed by atoms with Gasteiger partial charge in [0.25, 0.3) is 0 Å². The minimum absolute atomic E-state index is 0.0333. The molecule has 0 spiro atoms. The highest BCUT2D eigenvalue weighted by molar-refractivity contribution is 5.99. The van der Waals surface area contributed by atoms with Crippen LogP contribution in [0.25, 0.3) is 10.9 Å². The number of nitrogens with one attached hydrogen (secondary N) is 11. The summed E-state index contributed by atoms with van der Waals surface area (Å²) in [7, 11) is 0. The van der Waals surface area contributed by atoms with Gasteiger partial charge in [0, 0.05) is 62.3 Å². The summed E-state index contributed by atoms with van der Waals surface area (Å²) in [4.78, 5) is 184. The fourth-order valence-electron chi connectivity index (χ4n) is 11.2. The smallest absolute Gasteiger partial charge is 0.245 e. The first kappa shape index (κ1) is 87.6. The van der Waals surface area contributed by atoms with Gasteiger partial charge in [-0.3, -0.25) is 67.3 Å². The van der Waals surface area contributed by atoms with Crippen molar-refractivity contribution in [3.63, 3.8) is 0 Å². The molecular weight excluding hydrogens is 1370 g/mol. The number of hydrogen-bond acceptors (Lipinski definition) is 19. The van der Waals surface area contributed by atoms with Crippen molar-refractivity contribution in [2.45, 2.75) is 203 Å². The van der Waals surface area contributed by atoms with E-state index >= 15 is 0 Å². The normalized spacial score (nSPS) is 14.6. The minimum atomic E-state index is -1.71. The zero-order chi connectivity index (χ0) is 78.7. The topological polar surface area (TPSA) is 619 Å². The van der Waals surface area contributed by atoms with E-state index in [0.29, 0.717) is 36.0 Å². The van der Waals surface area contributed by atoms with Gasteiger partial charge in [-0.2, -0.15) is 0 Å². The number of carbonyl (C=O) groups is 13. The van der Waals surface area contributed by atoms with Crippen molar-refractivity contribution < 1.29 is 72.5 Å². The molecule has 1 aromatic heterocycles. The van der Waals surface area contributed by atoms with Crippen molar-refractivity contribution in [2.24, 2.45) is 62.7 Å². The van der Waals surface area contributed by atoms with Crippen molar-refractivity contribution in [1.82, 2.24) is 58.2 Å². The Morgan fingerprint density at radius 2 is 0.877 bits per heavy atom. The van der Waals surface area contributed by atoms with Crippen molar-refractivity contribution in [3.05, 3.63) is 102 Å². The number of aliphatic imine (C=N–C) groups is 1. The number of primary amides is 3. The second-order valence-corrected chi connectivity index (χ2v) is 26.8. The number of H-pyrrole nitrogens is 1. The first-order valence-electron chi connectivity index (χ1n) is 35.4. The lowest BCUT2D eigenvalue weighted by Gasteiger charge is -2.29. The third-order valence-electron chi connectivity index (χ3n) is 17.3. The Hall–Kier alpha value is -10.8. The first-order valence-corrected chi connectivity index (χ1v) is 35.4. The molecule has 35 nitrogen and oxygen atoms in total. The lowest BCUT2D eigenvalue weighted by molar-refractivity contribution is -0.137. The van der Waals surface area contributed by atoms with Crippen LogP contribution in [0.4, 0.5) is 0 Å². The average Bonchev–Trinajstić information content (AvgIpc) is 1.61. The number of unbranched alkanes of at least 4 members (excludes halogenated alkanes) is 2. The number of aromatic hydroxyl groups is 1. The zero-order valence-electron chi connectivity index (χ0n) is 60.7. The van der Waals surface area contributed by atoms with Gasteiger partial charge in [0.2, 0.25) is 76.8 Å². The number of para-hydroxylation sites is 1. The summed E-state index contributed by atoms with van der Waals surface area (Å²) in [5.74, 6) is -12.2. The van der Waals surface area contributed by atoms with E-state index in [1.165, 1.54) is 31.2 Å². The zero-order valence-corrected chi connectivity index (χ0v) is 60.7. The van der Waals surface area contributed by atoms with Gasteiger partial charge in [-0.05, 0) is 124 Å². The number of nitrogens with zero attached hydrogens (tertiary/aromatic N) is 1. The molecule has 0 unspecified atom stereocenters. The molecule has 4 rings (SSSR count). The third kappa shape index (κ3) is 30.5. The van der Waals surface area contributed by atoms with Crippen LogP contribution in [0.5, 0.6) is 5.75 Å². The second-order valence-electron chi connectivity index (χ2n) is 26.8. The number of hydrogen-bond donors (Lipinski definition) is 21. The Balaban J connectivity index is 1.46. The van der Waals surface area contributed by atoms with E-state index < -0.39 is 168 Å². The lowest BCUT2D eigenvalue weighted by atomic mass is 10.00. The summed E-state index contributed by atoms with van der Waals surface area (Å²) in [6, 6.07) is 6.59. The number of aliphatic hydroxyl groups is 1. The van der Waals surface area contributed by atoms with Crippen LogP contribution in [-0.4, -0.2) is 190 Å². The summed E-state index contributed by atoms with van der Waals surface area (Å²) in [6.07, 6.45) is 0.323. The number of aromatic nitrogens is 1. The quantitative estimate of drug-likeness (QED) is 0.0114. The molecule has 106 heavy (non-hydrogen) atoms. The summed E-state index contributed by atoms with van der Waals surface area (Å²) >= 11 is 0. The molecule has 0 aliphatic carbocycles. The van der Waals surface area contributed by atoms with Crippen LogP contribution in [0.1, 0.15) is 128 Å².